The van der Waals surface area contributed by atoms with Gasteiger partial charge >= 0.3 is 0 Å². The number of thiazole rings is 1. The number of rotatable bonds is 6. The Kier molecular flexibility index (Phi) is 5.73. The maximum Gasteiger partial charge on any atom is 0.252 e. The van der Waals surface area contributed by atoms with Gasteiger partial charge in [-0.05, 0) is 36.8 Å². The van der Waals surface area contributed by atoms with E-state index in [-0.39, 0.29) is 18.1 Å². The van der Waals surface area contributed by atoms with E-state index in [0.717, 1.165) is 15.8 Å². The van der Waals surface area contributed by atoms with Crippen LogP contribution in [-0.4, -0.2) is 23.7 Å². The lowest BCUT2D eigenvalue weighted by Gasteiger charge is -2.05. The zero-order valence-corrected chi connectivity index (χ0v) is 14.8. The number of para-hydroxylation sites is 1. The SMILES string of the molecule is CCOCCn1c(=NC(=O)Cc2ccc(F)cc2)sc2ccccc21. The molecular weight excluding hydrogens is 339 g/mol. The van der Waals surface area contributed by atoms with Crippen LogP contribution < -0.4 is 4.80 Å². The van der Waals surface area contributed by atoms with Gasteiger partial charge in [0.25, 0.3) is 5.91 Å². The minimum absolute atomic E-state index is 0.153. The third kappa shape index (κ3) is 4.41. The number of ether oxygens (including phenoxy) is 1. The molecule has 0 saturated heterocycles. The van der Waals surface area contributed by atoms with Crippen molar-refractivity contribution in [2.75, 3.05) is 13.2 Å². The molecule has 2 aromatic carbocycles. The molecule has 130 valence electrons. The molecule has 4 nitrogen and oxygen atoms in total. The van der Waals surface area contributed by atoms with Gasteiger partial charge in [-0.15, -0.1) is 0 Å². The number of halogens is 1. The molecule has 3 aromatic rings. The molecule has 0 fully saturated rings. The first-order valence-electron chi connectivity index (χ1n) is 8.15. The number of nitrogens with zero attached hydrogens (tertiary/aromatic N) is 2. The van der Waals surface area contributed by atoms with Crippen molar-refractivity contribution in [3.63, 3.8) is 0 Å². The van der Waals surface area contributed by atoms with Gasteiger partial charge in [0.05, 0.1) is 23.2 Å². The fourth-order valence-electron chi connectivity index (χ4n) is 2.55. The van der Waals surface area contributed by atoms with Crippen molar-refractivity contribution < 1.29 is 13.9 Å². The molecule has 1 heterocycles. The van der Waals surface area contributed by atoms with E-state index in [4.69, 9.17) is 4.74 Å². The smallest absolute Gasteiger partial charge is 0.252 e. The van der Waals surface area contributed by atoms with Crippen molar-refractivity contribution >= 4 is 27.5 Å². The number of carbonyl (C=O) groups is 1. The van der Waals surface area contributed by atoms with Gasteiger partial charge in [-0.3, -0.25) is 4.79 Å². The highest BCUT2D eigenvalue weighted by molar-refractivity contribution is 7.16. The summed E-state index contributed by atoms with van der Waals surface area (Å²) in [5.74, 6) is -0.560. The van der Waals surface area contributed by atoms with Crippen molar-refractivity contribution in [3.05, 3.63) is 64.7 Å². The number of hydrogen-bond acceptors (Lipinski definition) is 3. The first-order chi connectivity index (χ1) is 12.2. The first-order valence-corrected chi connectivity index (χ1v) is 8.97. The molecule has 25 heavy (non-hydrogen) atoms. The van der Waals surface area contributed by atoms with Crippen LogP contribution in [0, 0.1) is 5.82 Å². The Bertz CT molecular complexity index is 928. The van der Waals surface area contributed by atoms with Crippen LogP contribution in [0.2, 0.25) is 0 Å². The van der Waals surface area contributed by atoms with Gasteiger partial charge in [-0.2, -0.15) is 4.99 Å². The molecule has 1 aromatic heterocycles. The second kappa shape index (κ2) is 8.18. The molecule has 0 bridgehead atoms. The fourth-order valence-corrected chi connectivity index (χ4v) is 3.62. The quantitative estimate of drug-likeness (QED) is 0.633. The number of carbonyl (C=O) groups excluding carboxylic acids is 1. The highest BCUT2D eigenvalue weighted by atomic mass is 32.1. The third-order valence-corrected chi connectivity index (χ3v) is 4.80. The normalized spacial score (nSPS) is 12.0. The second-order valence-electron chi connectivity index (χ2n) is 5.51. The molecule has 0 atom stereocenters. The molecular formula is C19H19FN2O2S. The van der Waals surface area contributed by atoms with Crippen LogP contribution in [0.1, 0.15) is 12.5 Å². The van der Waals surface area contributed by atoms with Crippen LogP contribution in [0.5, 0.6) is 0 Å². The van der Waals surface area contributed by atoms with Crippen molar-refractivity contribution in [3.8, 4) is 0 Å². The van der Waals surface area contributed by atoms with Gasteiger partial charge in [0.15, 0.2) is 4.80 Å². The summed E-state index contributed by atoms with van der Waals surface area (Å²) in [7, 11) is 0. The number of benzene rings is 2. The molecule has 1 amide bonds. The van der Waals surface area contributed by atoms with E-state index in [1.807, 2.05) is 35.8 Å². The highest BCUT2D eigenvalue weighted by Gasteiger charge is 2.08. The van der Waals surface area contributed by atoms with Gasteiger partial charge in [-0.25, -0.2) is 4.39 Å². The maximum absolute atomic E-state index is 13.0. The number of amides is 1. The zero-order valence-electron chi connectivity index (χ0n) is 13.9. The van der Waals surface area contributed by atoms with Crippen LogP contribution >= 0.6 is 11.3 Å². The van der Waals surface area contributed by atoms with E-state index in [2.05, 4.69) is 4.99 Å². The summed E-state index contributed by atoms with van der Waals surface area (Å²) >= 11 is 1.48. The molecule has 0 aliphatic carbocycles. The maximum atomic E-state index is 13.0. The van der Waals surface area contributed by atoms with Gasteiger partial charge in [0.1, 0.15) is 5.82 Å². The number of hydrogen-bond donors (Lipinski definition) is 0. The second-order valence-corrected chi connectivity index (χ2v) is 6.52. The summed E-state index contributed by atoms with van der Waals surface area (Å²) in [5, 5.41) is 0. The van der Waals surface area contributed by atoms with Crippen LogP contribution in [0.4, 0.5) is 4.39 Å². The molecule has 3 rings (SSSR count). The van der Waals surface area contributed by atoms with Gasteiger partial charge in [0.2, 0.25) is 0 Å². The molecule has 0 spiro atoms. The Hall–Kier alpha value is -2.31. The molecule has 0 N–H and O–H groups in total. The van der Waals surface area contributed by atoms with Gasteiger partial charge in [-0.1, -0.05) is 35.6 Å². The lowest BCUT2D eigenvalue weighted by molar-refractivity contribution is -0.117. The predicted octanol–water partition coefficient (Wildman–Crippen LogP) is 3.55. The Morgan fingerprint density at radius 1 is 1.20 bits per heavy atom. The topological polar surface area (TPSA) is 43.6 Å². The lowest BCUT2D eigenvalue weighted by Crippen LogP contribution is -2.20. The van der Waals surface area contributed by atoms with Crippen molar-refractivity contribution in [2.24, 2.45) is 4.99 Å². The summed E-state index contributed by atoms with van der Waals surface area (Å²) in [6.07, 6.45) is 0.153. The van der Waals surface area contributed by atoms with Gasteiger partial charge in [0, 0.05) is 13.2 Å². The first kappa shape index (κ1) is 17.5. The zero-order chi connectivity index (χ0) is 17.6. The average Bonchev–Trinajstić information content (AvgIpc) is 2.94. The molecule has 0 unspecified atom stereocenters. The van der Waals surface area contributed by atoms with E-state index in [0.29, 0.717) is 24.6 Å². The average molecular weight is 358 g/mol. The Morgan fingerprint density at radius 3 is 2.72 bits per heavy atom. The number of fused-ring (bicyclic) bond motifs is 1. The lowest BCUT2D eigenvalue weighted by atomic mass is 10.1. The monoisotopic (exact) mass is 358 g/mol. The van der Waals surface area contributed by atoms with Crippen LogP contribution in [-0.2, 0) is 22.5 Å². The molecule has 0 saturated carbocycles. The van der Waals surface area contributed by atoms with Crippen molar-refractivity contribution in [2.45, 2.75) is 19.9 Å². The van der Waals surface area contributed by atoms with Crippen LogP contribution in [0.25, 0.3) is 10.2 Å². The van der Waals surface area contributed by atoms with Crippen molar-refractivity contribution in [1.82, 2.24) is 4.57 Å². The Balaban J connectivity index is 1.89. The highest BCUT2D eigenvalue weighted by Crippen LogP contribution is 2.16. The summed E-state index contributed by atoms with van der Waals surface area (Å²) in [4.78, 5) is 17.3. The minimum atomic E-state index is -0.314. The van der Waals surface area contributed by atoms with Crippen LogP contribution in [0.15, 0.2) is 53.5 Å². The van der Waals surface area contributed by atoms with E-state index in [1.165, 1.54) is 23.5 Å². The summed E-state index contributed by atoms with van der Waals surface area (Å²) in [5.41, 5.74) is 1.79. The van der Waals surface area contributed by atoms with Gasteiger partial charge < -0.3 is 9.30 Å². The predicted molar refractivity (Wildman–Crippen MR) is 97.0 cm³/mol. The molecule has 0 radical (unpaired) electrons. The Labute approximate surface area is 149 Å². The van der Waals surface area contributed by atoms with E-state index < -0.39 is 0 Å². The Morgan fingerprint density at radius 2 is 1.96 bits per heavy atom. The summed E-state index contributed by atoms with van der Waals surface area (Å²) in [6, 6.07) is 13.9. The summed E-state index contributed by atoms with van der Waals surface area (Å²) < 4.78 is 21.5. The minimum Gasteiger partial charge on any atom is -0.380 e. The van der Waals surface area contributed by atoms with E-state index in [9.17, 15) is 9.18 Å². The molecule has 0 aliphatic rings. The fraction of sp³-hybridized carbons (Fsp3) is 0.263. The van der Waals surface area contributed by atoms with E-state index >= 15 is 0 Å². The number of aromatic nitrogens is 1. The van der Waals surface area contributed by atoms with E-state index in [1.54, 1.807) is 12.1 Å². The molecule has 0 aliphatic heterocycles. The largest absolute Gasteiger partial charge is 0.380 e. The molecule has 6 heteroatoms. The third-order valence-electron chi connectivity index (χ3n) is 3.74. The van der Waals surface area contributed by atoms with Crippen LogP contribution in [0.3, 0.4) is 0 Å². The standard InChI is InChI=1S/C19H19FN2O2S/c1-2-24-12-11-22-16-5-3-4-6-17(16)25-19(22)21-18(23)13-14-7-9-15(20)10-8-14/h3-10H,2,11-13H2,1H3. The summed E-state index contributed by atoms with van der Waals surface area (Å²) in [6.45, 7) is 3.81. The van der Waals surface area contributed by atoms with Crippen molar-refractivity contribution in [1.29, 1.82) is 0 Å².